The van der Waals surface area contributed by atoms with Crippen LogP contribution in [0.15, 0.2) is 0 Å². The van der Waals surface area contributed by atoms with Crippen molar-refractivity contribution in [2.45, 2.75) is 51.1 Å². The number of nitrogens with two attached hydrogens (primary N) is 1. The fraction of sp³-hybridized carbons (Fsp3) is 0.900. The van der Waals surface area contributed by atoms with Crippen molar-refractivity contribution < 1.29 is 9.90 Å². The highest BCUT2D eigenvalue weighted by Crippen LogP contribution is 2.30. The summed E-state index contributed by atoms with van der Waals surface area (Å²) in [4.78, 5) is 10.5. The fourth-order valence-corrected chi connectivity index (χ4v) is 2.31. The molecule has 4 nitrogen and oxygen atoms in total. The standard InChI is InChI=1S/C10H20N2O2/c1-10(2,12-9(13)14)6-7-4-3-5-8(7)11/h7-8,12H,3-6,11H2,1-2H3,(H,13,14)/t7-,8-/m0/s1. The summed E-state index contributed by atoms with van der Waals surface area (Å²) >= 11 is 0. The Bertz CT molecular complexity index is 216. The summed E-state index contributed by atoms with van der Waals surface area (Å²) < 4.78 is 0. The van der Waals surface area contributed by atoms with Gasteiger partial charge in [0.05, 0.1) is 0 Å². The first-order valence-electron chi connectivity index (χ1n) is 5.17. The Morgan fingerprint density at radius 3 is 2.64 bits per heavy atom. The van der Waals surface area contributed by atoms with Crippen LogP contribution in [0.5, 0.6) is 0 Å². The van der Waals surface area contributed by atoms with Gasteiger partial charge in [-0.3, -0.25) is 0 Å². The molecule has 0 aromatic rings. The molecule has 1 aliphatic rings. The second-order valence-electron chi connectivity index (χ2n) is 4.87. The van der Waals surface area contributed by atoms with Crippen molar-refractivity contribution in [3.8, 4) is 0 Å². The quantitative estimate of drug-likeness (QED) is 0.647. The first kappa shape index (κ1) is 11.3. The summed E-state index contributed by atoms with van der Waals surface area (Å²) in [7, 11) is 0. The average Bonchev–Trinajstić information content (AvgIpc) is 2.32. The second kappa shape index (κ2) is 4.17. The highest BCUT2D eigenvalue weighted by atomic mass is 16.4. The van der Waals surface area contributed by atoms with Crippen LogP contribution >= 0.6 is 0 Å². The summed E-state index contributed by atoms with van der Waals surface area (Å²) in [5.74, 6) is 0.469. The molecule has 0 spiro atoms. The molecule has 0 saturated heterocycles. The summed E-state index contributed by atoms with van der Waals surface area (Å²) in [5, 5.41) is 11.2. The predicted molar refractivity (Wildman–Crippen MR) is 55.2 cm³/mol. The summed E-state index contributed by atoms with van der Waals surface area (Å²) in [6.07, 6.45) is 3.26. The molecule has 0 heterocycles. The Morgan fingerprint density at radius 1 is 1.57 bits per heavy atom. The van der Waals surface area contributed by atoms with Gasteiger partial charge in [-0.25, -0.2) is 4.79 Å². The van der Waals surface area contributed by atoms with E-state index in [1.165, 1.54) is 6.42 Å². The highest BCUT2D eigenvalue weighted by Gasteiger charge is 2.31. The third-order valence-corrected chi connectivity index (χ3v) is 2.94. The SMILES string of the molecule is CC(C)(C[C@@H]1CCC[C@@H]1N)NC(=O)O. The number of rotatable bonds is 3. The first-order chi connectivity index (χ1) is 6.41. The first-order valence-corrected chi connectivity index (χ1v) is 5.17. The molecule has 1 aliphatic carbocycles. The van der Waals surface area contributed by atoms with E-state index in [9.17, 15) is 4.79 Å². The maximum atomic E-state index is 10.5. The van der Waals surface area contributed by atoms with Crippen LogP contribution in [0.3, 0.4) is 0 Å². The third-order valence-electron chi connectivity index (χ3n) is 2.94. The zero-order valence-electron chi connectivity index (χ0n) is 8.92. The number of hydrogen-bond acceptors (Lipinski definition) is 2. The van der Waals surface area contributed by atoms with Gasteiger partial charge in [0.1, 0.15) is 0 Å². The van der Waals surface area contributed by atoms with Crippen LogP contribution in [0.25, 0.3) is 0 Å². The monoisotopic (exact) mass is 200 g/mol. The van der Waals surface area contributed by atoms with E-state index in [1.54, 1.807) is 0 Å². The molecule has 1 amide bonds. The number of nitrogens with one attached hydrogen (secondary N) is 1. The van der Waals surface area contributed by atoms with Gasteiger partial charge in [-0.1, -0.05) is 6.42 Å². The second-order valence-corrected chi connectivity index (χ2v) is 4.87. The lowest BCUT2D eigenvalue weighted by Crippen LogP contribution is -2.45. The molecule has 1 rings (SSSR count). The Morgan fingerprint density at radius 2 is 2.21 bits per heavy atom. The molecule has 4 heteroatoms. The van der Waals surface area contributed by atoms with E-state index >= 15 is 0 Å². The molecule has 2 atom stereocenters. The van der Waals surface area contributed by atoms with Gasteiger partial charge in [0.25, 0.3) is 0 Å². The molecule has 0 bridgehead atoms. The number of amides is 1. The lowest BCUT2D eigenvalue weighted by Gasteiger charge is -2.29. The van der Waals surface area contributed by atoms with Gasteiger partial charge >= 0.3 is 6.09 Å². The molecule has 82 valence electrons. The van der Waals surface area contributed by atoms with Crippen LogP contribution in [0.4, 0.5) is 4.79 Å². The van der Waals surface area contributed by atoms with Gasteiger partial charge in [-0.2, -0.15) is 0 Å². The van der Waals surface area contributed by atoms with Gasteiger partial charge in [0, 0.05) is 11.6 Å². The molecule has 0 radical (unpaired) electrons. The van der Waals surface area contributed by atoms with Gasteiger partial charge in [0.2, 0.25) is 0 Å². The zero-order valence-corrected chi connectivity index (χ0v) is 8.92. The minimum atomic E-state index is -0.957. The number of carboxylic acid groups (broad SMARTS) is 1. The molecule has 0 aliphatic heterocycles. The van der Waals surface area contributed by atoms with Crippen molar-refractivity contribution in [1.29, 1.82) is 0 Å². The van der Waals surface area contributed by atoms with E-state index in [-0.39, 0.29) is 11.6 Å². The summed E-state index contributed by atoms with van der Waals surface area (Å²) in [6.45, 7) is 3.82. The van der Waals surface area contributed by atoms with Gasteiger partial charge < -0.3 is 16.2 Å². The van der Waals surface area contributed by atoms with Crippen LogP contribution in [0, 0.1) is 5.92 Å². The Hall–Kier alpha value is -0.770. The maximum absolute atomic E-state index is 10.5. The smallest absolute Gasteiger partial charge is 0.405 e. The molecular formula is C10H20N2O2. The number of carbonyl (C=O) groups is 1. The van der Waals surface area contributed by atoms with Crippen molar-refractivity contribution in [3.63, 3.8) is 0 Å². The lowest BCUT2D eigenvalue weighted by atomic mass is 9.88. The van der Waals surface area contributed by atoms with Crippen LogP contribution in [0.1, 0.15) is 39.5 Å². The van der Waals surface area contributed by atoms with E-state index < -0.39 is 6.09 Å². The lowest BCUT2D eigenvalue weighted by molar-refractivity contribution is 0.175. The van der Waals surface area contributed by atoms with Crippen LogP contribution in [-0.4, -0.2) is 22.8 Å². The highest BCUT2D eigenvalue weighted by molar-refractivity contribution is 5.65. The van der Waals surface area contributed by atoms with E-state index in [1.807, 2.05) is 13.8 Å². The number of hydrogen-bond donors (Lipinski definition) is 3. The normalized spacial score (nSPS) is 27.6. The van der Waals surface area contributed by atoms with Crippen LogP contribution < -0.4 is 11.1 Å². The Kier molecular flexibility index (Phi) is 3.37. The minimum Gasteiger partial charge on any atom is -0.465 e. The topological polar surface area (TPSA) is 75.3 Å². The Labute approximate surface area is 84.9 Å². The van der Waals surface area contributed by atoms with Crippen molar-refractivity contribution in [2.24, 2.45) is 11.7 Å². The summed E-state index contributed by atoms with van der Waals surface area (Å²) in [5.41, 5.74) is 5.58. The van der Waals surface area contributed by atoms with E-state index in [0.717, 1.165) is 19.3 Å². The van der Waals surface area contributed by atoms with E-state index in [0.29, 0.717) is 5.92 Å². The predicted octanol–water partition coefficient (Wildman–Crippen LogP) is 1.55. The van der Waals surface area contributed by atoms with Crippen molar-refractivity contribution in [1.82, 2.24) is 5.32 Å². The van der Waals surface area contributed by atoms with Crippen LogP contribution in [0.2, 0.25) is 0 Å². The Balaban J connectivity index is 2.45. The largest absolute Gasteiger partial charge is 0.465 e. The van der Waals surface area contributed by atoms with Crippen molar-refractivity contribution >= 4 is 6.09 Å². The van der Waals surface area contributed by atoms with Crippen molar-refractivity contribution in [2.75, 3.05) is 0 Å². The van der Waals surface area contributed by atoms with Gasteiger partial charge in [-0.05, 0) is 39.0 Å². The molecular weight excluding hydrogens is 180 g/mol. The van der Waals surface area contributed by atoms with Gasteiger partial charge in [-0.15, -0.1) is 0 Å². The third kappa shape index (κ3) is 3.18. The maximum Gasteiger partial charge on any atom is 0.405 e. The molecule has 14 heavy (non-hydrogen) atoms. The fourth-order valence-electron chi connectivity index (χ4n) is 2.31. The molecule has 1 fully saturated rings. The van der Waals surface area contributed by atoms with Gasteiger partial charge in [0.15, 0.2) is 0 Å². The summed E-state index contributed by atoms with van der Waals surface area (Å²) in [6, 6.07) is 0.255. The van der Waals surface area contributed by atoms with E-state index in [2.05, 4.69) is 5.32 Å². The molecule has 0 unspecified atom stereocenters. The molecule has 1 saturated carbocycles. The molecule has 0 aromatic carbocycles. The molecule has 4 N–H and O–H groups in total. The minimum absolute atomic E-state index is 0.255. The van der Waals surface area contributed by atoms with Crippen LogP contribution in [-0.2, 0) is 0 Å². The van der Waals surface area contributed by atoms with Crippen molar-refractivity contribution in [3.05, 3.63) is 0 Å². The zero-order chi connectivity index (χ0) is 10.8. The van der Waals surface area contributed by atoms with E-state index in [4.69, 9.17) is 10.8 Å². The average molecular weight is 200 g/mol. The molecule has 0 aromatic heterocycles.